The van der Waals surface area contributed by atoms with Crippen molar-refractivity contribution in [3.63, 3.8) is 0 Å². The van der Waals surface area contributed by atoms with Crippen molar-refractivity contribution in [2.24, 2.45) is 0 Å². The monoisotopic (exact) mass is 528 g/mol. The molecule has 0 radical (unpaired) electrons. The van der Waals surface area contributed by atoms with Crippen LogP contribution in [0.4, 0.5) is 4.39 Å². The molecule has 1 aliphatic rings. The highest BCUT2D eigenvalue weighted by atomic mass is 19.1. The molecule has 0 aliphatic heterocycles. The molecule has 4 heteroatoms. The minimum Gasteiger partial charge on any atom is -0.481 e. The van der Waals surface area contributed by atoms with Crippen LogP contribution in [0, 0.1) is 19.7 Å². The van der Waals surface area contributed by atoms with Gasteiger partial charge in [-0.1, -0.05) is 93.8 Å². The number of aliphatic hydroxyl groups is 1. The second-order valence-electron chi connectivity index (χ2n) is 11.3. The maximum Gasteiger partial charge on any atom is 0.307 e. The van der Waals surface area contributed by atoms with E-state index in [-0.39, 0.29) is 17.4 Å². The summed E-state index contributed by atoms with van der Waals surface area (Å²) in [6.45, 7) is 8.64. The van der Waals surface area contributed by atoms with Crippen molar-refractivity contribution in [1.82, 2.24) is 0 Å². The number of hydrogen-bond donors (Lipinski definition) is 2. The zero-order valence-corrected chi connectivity index (χ0v) is 23.7. The number of rotatable bonds is 9. The van der Waals surface area contributed by atoms with Crippen LogP contribution in [-0.2, 0) is 16.6 Å². The fraction of sp³-hybridized carbons (Fsp3) is 0.400. The van der Waals surface area contributed by atoms with E-state index in [1.807, 2.05) is 13.0 Å². The van der Waals surface area contributed by atoms with Gasteiger partial charge in [0, 0.05) is 5.41 Å². The number of benzene rings is 3. The Balaban J connectivity index is 1.65. The van der Waals surface area contributed by atoms with Crippen LogP contribution in [0.5, 0.6) is 0 Å². The van der Waals surface area contributed by atoms with Crippen molar-refractivity contribution >= 4 is 12.0 Å². The predicted molar refractivity (Wildman–Crippen MR) is 158 cm³/mol. The van der Waals surface area contributed by atoms with Gasteiger partial charge in [0.25, 0.3) is 0 Å². The van der Waals surface area contributed by atoms with Crippen molar-refractivity contribution in [2.45, 2.75) is 90.1 Å². The molecule has 0 bridgehead atoms. The van der Waals surface area contributed by atoms with E-state index in [0.29, 0.717) is 0 Å². The van der Waals surface area contributed by atoms with Crippen LogP contribution in [0.15, 0.2) is 60.7 Å². The second-order valence-corrected chi connectivity index (χ2v) is 11.3. The molecule has 2 N–H and O–H groups in total. The lowest BCUT2D eigenvalue weighted by Crippen LogP contribution is -2.28. The number of aliphatic carboxylic acids is 1. The summed E-state index contributed by atoms with van der Waals surface area (Å²) in [5.41, 5.74) is 6.94. The Bertz CT molecular complexity index is 1360. The van der Waals surface area contributed by atoms with E-state index >= 15 is 0 Å². The van der Waals surface area contributed by atoms with Crippen LogP contribution in [0.25, 0.3) is 17.2 Å². The molecule has 0 atom stereocenters. The van der Waals surface area contributed by atoms with Crippen LogP contribution >= 0.6 is 0 Å². The molecule has 0 saturated heterocycles. The van der Waals surface area contributed by atoms with Crippen molar-refractivity contribution in [3.05, 3.63) is 99.9 Å². The molecule has 4 rings (SSSR count). The maximum atomic E-state index is 14.6. The van der Waals surface area contributed by atoms with Crippen LogP contribution in [0.1, 0.15) is 92.2 Å². The highest BCUT2D eigenvalue weighted by molar-refractivity contribution is 5.72. The summed E-state index contributed by atoms with van der Waals surface area (Å²) in [5.74, 6) is -1.53. The first-order valence-corrected chi connectivity index (χ1v) is 14.3. The van der Waals surface area contributed by atoms with Crippen molar-refractivity contribution in [2.75, 3.05) is 0 Å². The quantitative estimate of drug-likeness (QED) is 0.292. The van der Waals surface area contributed by atoms with Crippen molar-refractivity contribution in [1.29, 1.82) is 0 Å². The first-order valence-electron chi connectivity index (χ1n) is 14.3. The van der Waals surface area contributed by atoms with E-state index < -0.39 is 17.4 Å². The Hall–Kier alpha value is -3.24. The highest BCUT2D eigenvalue weighted by Gasteiger charge is 2.31. The van der Waals surface area contributed by atoms with E-state index in [0.717, 1.165) is 60.8 Å². The summed E-state index contributed by atoms with van der Waals surface area (Å²) in [7, 11) is 0. The summed E-state index contributed by atoms with van der Waals surface area (Å²) < 4.78 is 14.6. The number of carbonyl (C=O) groups is 1. The van der Waals surface area contributed by atoms with Gasteiger partial charge in [-0.15, -0.1) is 0 Å². The standard InChI is InChI=1S/C35H41FO3/c1-5-35(6-2,29-13-12-26(24(3)20-29)16-19-34(39)17-8-7-9-18-34)30-14-15-31(25(4)21-30)27-10-11-28(23-33(37)38)32(36)22-27/h10-16,19-22,39H,5-9,17-18,23H2,1-4H3,(H,37,38). The van der Waals surface area contributed by atoms with Gasteiger partial charge in [-0.3, -0.25) is 4.79 Å². The molecular weight excluding hydrogens is 487 g/mol. The van der Waals surface area contributed by atoms with E-state index in [4.69, 9.17) is 5.11 Å². The molecule has 0 spiro atoms. The number of carboxylic acids is 1. The van der Waals surface area contributed by atoms with Gasteiger partial charge in [0.2, 0.25) is 0 Å². The molecule has 3 aromatic carbocycles. The summed E-state index contributed by atoms with van der Waals surface area (Å²) in [6.07, 6.45) is 10.7. The third kappa shape index (κ3) is 6.17. The fourth-order valence-corrected chi connectivity index (χ4v) is 6.28. The smallest absolute Gasteiger partial charge is 0.307 e. The normalized spacial score (nSPS) is 15.5. The highest BCUT2D eigenvalue weighted by Crippen LogP contribution is 2.41. The lowest BCUT2D eigenvalue weighted by atomic mass is 9.69. The minimum absolute atomic E-state index is 0.158. The molecule has 0 unspecified atom stereocenters. The molecule has 1 fully saturated rings. The van der Waals surface area contributed by atoms with Crippen LogP contribution in [-0.4, -0.2) is 21.8 Å². The third-order valence-electron chi connectivity index (χ3n) is 8.81. The third-order valence-corrected chi connectivity index (χ3v) is 8.81. The van der Waals surface area contributed by atoms with E-state index in [9.17, 15) is 14.3 Å². The fourth-order valence-electron chi connectivity index (χ4n) is 6.28. The molecule has 0 heterocycles. The Kier molecular flexibility index (Phi) is 8.76. The summed E-state index contributed by atoms with van der Waals surface area (Å²) in [6, 6.07) is 17.9. The SMILES string of the molecule is CCC(CC)(c1ccc(C=CC2(O)CCCCC2)c(C)c1)c1ccc(-c2ccc(CC(=O)O)c(F)c2)c(C)c1. The average Bonchev–Trinajstić information content (AvgIpc) is 2.91. The number of hydrogen-bond acceptors (Lipinski definition) is 2. The lowest BCUT2D eigenvalue weighted by molar-refractivity contribution is -0.136. The van der Waals surface area contributed by atoms with Gasteiger partial charge in [0.1, 0.15) is 5.82 Å². The molecule has 206 valence electrons. The first kappa shape index (κ1) is 28.8. The van der Waals surface area contributed by atoms with Crippen LogP contribution < -0.4 is 0 Å². The predicted octanol–water partition coefficient (Wildman–Crippen LogP) is 8.55. The molecule has 0 aromatic heterocycles. The molecule has 3 aromatic rings. The van der Waals surface area contributed by atoms with Gasteiger partial charge in [-0.2, -0.15) is 0 Å². The largest absolute Gasteiger partial charge is 0.481 e. The van der Waals surface area contributed by atoms with Gasteiger partial charge in [-0.25, -0.2) is 4.39 Å². The van der Waals surface area contributed by atoms with Gasteiger partial charge in [0.05, 0.1) is 12.0 Å². The van der Waals surface area contributed by atoms with Crippen LogP contribution in [0.2, 0.25) is 0 Å². The van der Waals surface area contributed by atoms with Crippen LogP contribution in [0.3, 0.4) is 0 Å². The summed E-state index contributed by atoms with van der Waals surface area (Å²) in [5, 5.41) is 19.9. The summed E-state index contributed by atoms with van der Waals surface area (Å²) >= 11 is 0. The average molecular weight is 529 g/mol. The van der Waals surface area contributed by atoms with Gasteiger partial charge in [-0.05, 0) is 90.1 Å². The van der Waals surface area contributed by atoms with E-state index in [2.05, 4.69) is 63.2 Å². The zero-order chi connectivity index (χ0) is 28.2. The maximum absolute atomic E-state index is 14.6. The van der Waals surface area contributed by atoms with E-state index in [1.165, 1.54) is 29.2 Å². The molecule has 39 heavy (non-hydrogen) atoms. The van der Waals surface area contributed by atoms with E-state index in [1.54, 1.807) is 12.1 Å². The Labute approximate surface area is 232 Å². The minimum atomic E-state index is -1.04. The van der Waals surface area contributed by atoms with Crippen molar-refractivity contribution in [3.8, 4) is 11.1 Å². The number of halogens is 1. The lowest BCUT2D eigenvalue weighted by Gasteiger charge is -2.34. The molecular formula is C35H41FO3. The number of aryl methyl sites for hydroxylation is 2. The summed E-state index contributed by atoms with van der Waals surface area (Å²) in [4.78, 5) is 11.0. The zero-order valence-electron chi connectivity index (χ0n) is 23.7. The first-order chi connectivity index (χ1) is 18.6. The number of carboxylic acid groups (broad SMARTS) is 1. The van der Waals surface area contributed by atoms with Crippen molar-refractivity contribution < 1.29 is 19.4 Å². The molecule has 1 saturated carbocycles. The topological polar surface area (TPSA) is 57.5 Å². The Morgan fingerprint density at radius 3 is 2.13 bits per heavy atom. The van der Waals surface area contributed by atoms with Gasteiger partial charge < -0.3 is 10.2 Å². The molecule has 0 amide bonds. The van der Waals surface area contributed by atoms with Gasteiger partial charge >= 0.3 is 5.97 Å². The Morgan fingerprint density at radius 2 is 1.56 bits per heavy atom. The Morgan fingerprint density at radius 1 is 0.923 bits per heavy atom. The molecule has 3 nitrogen and oxygen atoms in total. The van der Waals surface area contributed by atoms with Gasteiger partial charge in [0.15, 0.2) is 0 Å². The molecule has 1 aliphatic carbocycles. The second kappa shape index (κ2) is 11.9.